The number of fused-ring (bicyclic) bond motifs is 2. The molecule has 1 unspecified atom stereocenters. The number of hydrazine groups is 1. The van der Waals surface area contributed by atoms with Crippen LogP contribution in [0, 0.1) is 0 Å². The highest BCUT2D eigenvalue weighted by Crippen LogP contribution is 2.32. The maximum atomic E-state index is 14.6. The van der Waals surface area contributed by atoms with E-state index < -0.39 is 18.2 Å². The Morgan fingerprint density at radius 1 is 0.873 bits per heavy atom. The van der Waals surface area contributed by atoms with Gasteiger partial charge in [0.05, 0.1) is 26.7 Å². The molecule has 3 heterocycles. The van der Waals surface area contributed by atoms with Gasteiger partial charge < -0.3 is 29.5 Å². The van der Waals surface area contributed by atoms with Crippen LogP contribution in [0.25, 0.3) is 22.0 Å². The molecule has 4 amide bonds. The second-order valence-electron chi connectivity index (χ2n) is 13.7. The van der Waals surface area contributed by atoms with E-state index in [0.29, 0.717) is 17.2 Å². The number of rotatable bonds is 10. The van der Waals surface area contributed by atoms with E-state index in [1.54, 1.807) is 57.3 Å². The highest BCUT2D eigenvalue weighted by Gasteiger charge is 2.51. The highest BCUT2D eigenvalue weighted by atomic mass is 16.5. The third-order valence-electron chi connectivity index (χ3n) is 10.2. The molecule has 5 aromatic carbocycles. The number of hydrogen-bond donors (Lipinski definition) is 2. The molecule has 2 atom stereocenters. The molecule has 2 N–H and O–H groups in total. The fourth-order valence-corrected chi connectivity index (χ4v) is 7.49. The normalized spacial score (nSPS) is 17.4. The number of methoxy groups -OCH3 is 1. The number of benzene rings is 5. The van der Waals surface area contributed by atoms with E-state index in [4.69, 9.17) is 9.26 Å². The van der Waals surface area contributed by atoms with E-state index in [0.717, 1.165) is 33.0 Å². The van der Waals surface area contributed by atoms with Gasteiger partial charge in [-0.15, -0.1) is 0 Å². The van der Waals surface area contributed by atoms with Crippen LogP contribution in [0.1, 0.15) is 22.5 Å². The van der Waals surface area contributed by atoms with Gasteiger partial charge >= 0.3 is 6.03 Å². The molecule has 2 aliphatic rings. The van der Waals surface area contributed by atoms with E-state index >= 15 is 0 Å². The number of aromatic nitrogens is 1. The van der Waals surface area contributed by atoms with Crippen LogP contribution in [0.15, 0.2) is 132 Å². The van der Waals surface area contributed by atoms with Crippen LogP contribution in [0.4, 0.5) is 4.79 Å². The lowest BCUT2D eigenvalue weighted by atomic mass is 9.97. The third-order valence-corrected chi connectivity index (χ3v) is 10.2. The summed E-state index contributed by atoms with van der Waals surface area (Å²) in [6.07, 6.45) is -0.656. The molecule has 12 heteroatoms. The molecule has 12 nitrogen and oxygen atoms in total. The lowest BCUT2D eigenvalue weighted by Gasteiger charge is -2.55. The quantitative estimate of drug-likeness (QED) is 0.176. The van der Waals surface area contributed by atoms with Gasteiger partial charge in [0.25, 0.3) is 0 Å². The number of nitrogens with zero attached hydrogens (tertiary/aromatic N) is 5. The summed E-state index contributed by atoms with van der Waals surface area (Å²) in [7, 11) is 1.60. The summed E-state index contributed by atoms with van der Waals surface area (Å²) >= 11 is 0. The average molecular weight is 737 g/mol. The number of phenols is 1. The van der Waals surface area contributed by atoms with Gasteiger partial charge in [0.1, 0.15) is 29.4 Å². The summed E-state index contributed by atoms with van der Waals surface area (Å²) in [6, 6.07) is 38.1. The number of aromatic hydroxyl groups is 1. The number of hydrogen-bond acceptors (Lipinski definition) is 8. The van der Waals surface area contributed by atoms with Crippen molar-refractivity contribution in [2.24, 2.45) is 0 Å². The highest BCUT2D eigenvalue weighted by molar-refractivity contribution is 5.92. The van der Waals surface area contributed by atoms with Crippen molar-refractivity contribution < 1.29 is 28.8 Å². The van der Waals surface area contributed by atoms with E-state index in [-0.39, 0.29) is 56.7 Å². The van der Waals surface area contributed by atoms with E-state index in [9.17, 15) is 19.5 Å². The molecule has 0 aliphatic carbocycles. The first-order valence-electron chi connectivity index (χ1n) is 18.1. The van der Waals surface area contributed by atoms with Gasteiger partial charge in [-0.3, -0.25) is 9.59 Å². The Bertz CT molecular complexity index is 2310. The van der Waals surface area contributed by atoms with Crippen molar-refractivity contribution in [3.05, 3.63) is 150 Å². The van der Waals surface area contributed by atoms with Gasteiger partial charge in [-0.1, -0.05) is 90.1 Å². The van der Waals surface area contributed by atoms with E-state index in [2.05, 4.69) is 10.5 Å². The second kappa shape index (κ2) is 15.4. The summed E-state index contributed by atoms with van der Waals surface area (Å²) in [5.41, 5.74) is 4.05. The molecule has 0 saturated carbocycles. The smallest absolute Gasteiger partial charge is 0.334 e. The topological polar surface area (TPSA) is 132 Å². The lowest BCUT2D eigenvalue weighted by Crippen LogP contribution is -2.76. The zero-order chi connectivity index (χ0) is 37.9. The van der Waals surface area contributed by atoms with Gasteiger partial charge in [-0.05, 0) is 63.9 Å². The van der Waals surface area contributed by atoms with Crippen LogP contribution in [-0.4, -0.2) is 80.3 Å². The molecule has 0 spiro atoms. The molecule has 1 aromatic heterocycles. The van der Waals surface area contributed by atoms with Crippen molar-refractivity contribution in [1.29, 1.82) is 0 Å². The fraction of sp³-hybridized carbons (Fsp3) is 0.209. The average Bonchev–Trinajstić information content (AvgIpc) is 3.68. The predicted octanol–water partition coefficient (Wildman–Crippen LogP) is 5.96. The number of nitrogens with one attached hydrogen (secondary N) is 1. The molecule has 2 fully saturated rings. The molecular formula is C43H40N6O6. The van der Waals surface area contributed by atoms with Crippen LogP contribution in [0.5, 0.6) is 11.5 Å². The summed E-state index contributed by atoms with van der Waals surface area (Å²) in [6.45, 7) is 0.485. The van der Waals surface area contributed by atoms with Crippen molar-refractivity contribution in [3.63, 3.8) is 0 Å². The molecule has 0 radical (unpaired) electrons. The minimum atomic E-state index is -0.913. The maximum absolute atomic E-state index is 14.6. The molecule has 55 heavy (non-hydrogen) atoms. The van der Waals surface area contributed by atoms with Crippen molar-refractivity contribution >= 4 is 28.6 Å². The maximum Gasteiger partial charge on any atom is 0.334 e. The van der Waals surface area contributed by atoms with Gasteiger partial charge in [0, 0.05) is 31.1 Å². The molecule has 6 aromatic rings. The minimum absolute atomic E-state index is 0.0674. The van der Waals surface area contributed by atoms with Crippen molar-refractivity contribution in [1.82, 2.24) is 30.3 Å². The van der Waals surface area contributed by atoms with Gasteiger partial charge in [0.15, 0.2) is 5.76 Å². The van der Waals surface area contributed by atoms with Gasteiger partial charge in [-0.25, -0.2) is 9.80 Å². The van der Waals surface area contributed by atoms with Crippen LogP contribution in [0.3, 0.4) is 0 Å². The molecule has 2 aliphatic heterocycles. The number of phenolic OH excluding ortho intramolecular Hbond substituents is 1. The number of piperazine rings is 1. The van der Waals surface area contributed by atoms with Gasteiger partial charge in [-0.2, -0.15) is 5.01 Å². The SMILES string of the molecule is COc1ccc(-c2cc(CN3CC(=O)N4C(CN(Cc5cccc6ccccc56)C(=O)[C@@H]4Cc4ccc(O)cc4)N3C(=O)NCc3ccccc3)on2)cc1. The zero-order valence-corrected chi connectivity index (χ0v) is 30.2. The Morgan fingerprint density at radius 3 is 2.40 bits per heavy atom. The Kier molecular flexibility index (Phi) is 9.88. The van der Waals surface area contributed by atoms with Crippen LogP contribution in [0.2, 0.25) is 0 Å². The largest absolute Gasteiger partial charge is 0.508 e. The first kappa shape index (κ1) is 35.4. The molecule has 8 rings (SSSR count). The van der Waals surface area contributed by atoms with Crippen LogP contribution < -0.4 is 10.1 Å². The number of carbonyl (C=O) groups excluding carboxylic acids is 3. The first-order valence-corrected chi connectivity index (χ1v) is 18.1. The monoisotopic (exact) mass is 736 g/mol. The Balaban J connectivity index is 1.15. The first-order chi connectivity index (χ1) is 26.8. The summed E-state index contributed by atoms with van der Waals surface area (Å²) in [5, 5.41) is 22.6. The van der Waals surface area contributed by atoms with Crippen LogP contribution in [-0.2, 0) is 35.6 Å². The van der Waals surface area contributed by atoms with E-state index in [1.807, 2.05) is 97.1 Å². The number of urea groups is 1. The third kappa shape index (κ3) is 7.44. The standard InChI is InChI=1S/C43H40N6O6/c1-54-35-20-16-32(17-21-35)38-23-36(55-45-38)26-47-28-41(51)48-39(22-29-14-18-34(50)19-15-29)42(52)46(25-33-12-7-11-31-10-5-6-13-37(31)33)27-40(48)49(47)43(53)44-24-30-8-3-2-4-9-30/h2-21,23,39-40,50H,22,24-28H2,1H3,(H,44,53)/t39-,40?/m0/s1. The van der Waals surface area contributed by atoms with Crippen molar-refractivity contribution in [3.8, 4) is 22.8 Å². The number of ether oxygens (including phenoxy) is 1. The minimum Gasteiger partial charge on any atom is -0.508 e. The van der Waals surface area contributed by atoms with Crippen LogP contribution >= 0.6 is 0 Å². The summed E-state index contributed by atoms with van der Waals surface area (Å²) < 4.78 is 11.1. The predicted molar refractivity (Wildman–Crippen MR) is 205 cm³/mol. The summed E-state index contributed by atoms with van der Waals surface area (Å²) in [4.78, 5) is 46.8. The Labute approximate surface area is 318 Å². The molecular weight excluding hydrogens is 697 g/mol. The number of carbonyl (C=O) groups is 3. The lowest BCUT2D eigenvalue weighted by molar-refractivity contribution is -0.193. The second-order valence-corrected chi connectivity index (χ2v) is 13.7. The van der Waals surface area contributed by atoms with Gasteiger partial charge in [0.2, 0.25) is 11.8 Å². The fourth-order valence-electron chi connectivity index (χ4n) is 7.49. The Hall–Kier alpha value is -6.66. The zero-order valence-electron chi connectivity index (χ0n) is 30.2. The number of amides is 4. The summed E-state index contributed by atoms with van der Waals surface area (Å²) in [5.74, 6) is 0.748. The molecule has 0 bridgehead atoms. The molecule has 278 valence electrons. The molecule has 2 saturated heterocycles. The van der Waals surface area contributed by atoms with Crippen molar-refractivity contribution in [2.75, 3.05) is 20.2 Å². The Morgan fingerprint density at radius 2 is 1.62 bits per heavy atom. The van der Waals surface area contributed by atoms with Crippen molar-refractivity contribution in [2.45, 2.75) is 38.3 Å². The van der Waals surface area contributed by atoms with E-state index in [1.165, 1.54) is 0 Å².